The zero-order valence-electron chi connectivity index (χ0n) is 19.9. The molecular formula is C28H25ClN4O4. The van der Waals surface area contributed by atoms with Crippen molar-refractivity contribution in [3.8, 4) is 28.4 Å². The van der Waals surface area contributed by atoms with Crippen LogP contribution in [0.15, 0.2) is 54.6 Å². The number of carbonyl (C=O) groups excluding carboxylic acids is 1. The van der Waals surface area contributed by atoms with Crippen LogP contribution in [0.4, 0.5) is 0 Å². The minimum absolute atomic E-state index is 0.0491. The smallest absolute Gasteiger partial charge is 0.296 e. The van der Waals surface area contributed by atoms with E-state index in [1.807, 2.05) is 42.5 Å². The molecule has 4 aromatic rings. The molecule has 3 aliphatic heterocycles. The molecule has 0 radical (unpaired) electrons. The fourth-order valence-corrected chi connectivity index (χ4v) is 5.73. The normalized spacial score (nSPS) is 24.9. The summed E-state index contributed by atoms with van der Waals surface area (Å²) in [5.74, 6) is 0.0602. The van der Waals surface area contributed by atoms with Crippen molar-refractivity contribution in [3.63, 3.8) is 0 Å². The van der Waals surface area contributed by atoms with E-state index < -0.39 is 0 Å². The Labute approximate surface area is 218 Å². The standard InChI is InChI=1S/C28H25ClN4O4/c29-20-13-21-26(33-28(31-21)37-23-14-36-22-10-12-35-25(22)23)32-24(20)18-7-3-16(4-8-18)15-1-5-17(6-2-15)19-9-11-30-27(19)34/h1-8,13,19,22-23,25H,9-12,14H2,(H,30,34)(H,31,32,33). The van der Waals surface area contributed by atoms with Crippen LogP contribution in [0.25, 0.3) is 33.5 Å². The van der Waals surface area contributed by atoms with Crippen LogP contribution in [0.1, 0.15) is 24.3 Å². The van der Waals surface area contributed by atoms with E-state index in [1.54, 1.807) is 0 Å². The number of halogens is 1. The molecule has 37 heavy (non-hydrogen) atoms. The fraction of sp³-hybridized carbons (Fsp3) is 0.321. The molecule has 0 spiro atoms. The molecule has 7 rings (SSSR count). The van der Waals surface area contributed by atoms with Crippen LogP contribution in [-0.2, 0) is 14.3 Å². The number of hydrogen-bond donors (Lipinski definition) is 2. The van der Waals surface area contributed by atoms with E-state index in [9.17, 15) is 4.79 Å². The number of hydrogen-bond acceptors (Lipinski definition) is 6. The maximum absolute atomic E-state index is 12.0. The Morgan fingerprint density at radius 2 is 1.70 bits per heavy atom. The molecule has 8 nitrogen and oxygen atoms in total. The summed E-state index contributed by atoms with van der Waals surface area (Å²) in [6.07, 6.45) is 1.59. The number of rotatable bonds is 5. The maximum atomic E-state index is 12.0. The van der Waals surface area contributed by atoms with Crippen LogP contribution in [0.3, 0.4) is 0 Å². The number of nitrogens with one attached hydrogen (secondary N) is 2. The number of imidazole rings is 1. The quantitative estimate of drug-likeness (QED) is 0.406. The van der Waals surface area contributed by atoms with Crippen molar-refractivity contribution in [3.05, 3.63) is 65.2 Å². The van der Waals surface area contributed by atoms with Crippen LogP contribution in [-0.4, -0.2) is 58.9 Å². The highest BCUT2D eigenvalue weighted by Gasteiger charge is 2.43. The second-order valence-electron chi connectivity index (χ2n) is 9.72. The van der Waals surface area contributed by atoms with Crippen molar-refractivity contribution in [2.24, 2.45) is 0 Å². The molecule has 9 heteroatoms. The molecule has 3 saturated heterocycles. The van der Waals surface area contributed by atoms with E-state index in [1.165, 1.54) is 0 Å². The predicted molar refractivity (Wildman–Crippen MR) is 139 cm³/mol. The number of amides is 1. The summed E-state index contributed by atoms with van der Waals surface area (Å²) in [5, 5.41) is 3.42. The summed E-state index contributed by atoms with van der Waals surface area (Å²) >= 11 is 6.61. The van der Waals surface area contributed by atoms with E-state index >= 15 is 0 Å². The van der Waals surface area contributed by atoms with Crippen molar-refractivity contribution >= 4 is 28.7 Å². The average molecular weight is 517 g/mol. The number of benzene rings is 2. The van der Waals surface area contributed by atoms with E-state index in [2.05, 4.69) is 27.4 Å². The second-order valence-corrected chi connectivity index (χ2v) is 10.1. The first-order chi connectivity index (χ1) is 18.1. The van der Waals surface area contributed by atoms with Crippen LogP contribution < -0.4 is 10.1 Å². The molecule has 5 heterocycles. The summed E-state index contributed by atoms with van der Waals surface area (Å²) in [6, 6.07) is 18.5. The Morgan fingerprint density at radius 3 is 2.46 bits per heavy atom. The van der Waals surface area contributed by atoms with Gasteiger partial charge in [0, 0.05) is 18.7 Å². The van der Waals surface area contributed by atoms with Crippen LogP contribution in [0.5, 0.6) is 6.01 Å². The van der Waals surface area contributed by atoms with E-state index in [-0.39, 0.29) is 30.1 Å². The number of fused-ring (bicyclic) bond motifs is 2. The maximum Gasteiger partial charge on any atom is 0.296 e. The molecule has 2 aromatic carbocycles. The van der Waals surface area contributed by atoms with Crippen molar-refractivity contribution in [1.29, 1.82) is 0 Å². The molecular weight excluding hydrogens is 492 g/mol. The summed E-state index contributed by atoms with van der Waals surface area (Å²) in [5.41, 5.74) is 6.01. The van der Waals surface area contributed by atoms with Gasteiger partial charge in [0.15, 0.2) is 11.8 Å². The van der Waals surface area contributed by atoms with Gasteiger partial charge in [0.05, 0.1) is 34.9 Å². The van der Waals surface area contributed by atoms with Crippen molar-refractivity contribution in [2.75, 3.05) is 19.8 Å². The van der Waals surface area contributed by atoms with Gasteiger partial charge in [-0.3, -0.25) is 4.79 Å². The van der Waals surface area contributed by atoms with Crippen LogP contribution in [0.2, 0.25) is 5.02 Å². The summed E-state index contributed by atoms with van der Waals surface area (Å²) in [4.78, 5) is 24.4. The largest absolute Gasteiger partial charge is 0.456 e. The second kappa shape index (κ2) is 9.13. The van der Waals surface area contributed by atoms with E-state index in [0.29, 0.717) is 41.1 Å². The molecule has 0 saturated carbocycles. The zero-order chi connectivity index (χ0) is 24.9. The van der Waals surface area contributed by atoms with Gasteiger partial charge in [-0.05, 0) is 35.6 Å². The molecule has 1 amide bonds. The summed E-state index contributed by atoms with van der Waals surface area (Å²) in [7, 11) is 0. The Bertz CT molecular complexity index is 1470. The molecule has 2 aromatic heterocycles. The third kappa shape index (κ3) is 4.15. The third-order valence-corrected chi connectivity index (χ3v) is 7.73. The number of aromatic nitrogens is 3. The Balaban J connectivity index is 1.10. The molecule has 2 N–H and O–H groups in total. The molecule has 3 fully saturated rings. The first-order valence-corrected chi connectivity index (χ1v) is 12.9. The van der Waals surface area contributed by atoms with Gasteiger partial charge in [0.25, 0.3) is 6.01 Å². The fourth-order valence-electron chi connectivity index (χ4n) is 5.47. The van der Waals surface area contributed by atoms with Gasteiger partial charge < -0.3 is 24.5 Å². The minimum Gasteiger partial charge on any atom is -0.456 e. The monoisotopic (exact) mass is 516 g/mol. The Kier molecular flexibility index (Phi) is 5.61. The predicted octanol–water partition coefficient (Wildman–Crippen LogP) is 4.48. The van der Waals surface area contributed by atoms with Crippen LogP contribution in [0, 0.1) is 0 Å². The van der Waals surface area contributed by atoms with E-state index in [4.69, 9.17) is 30.8 Å². The highest BCUT2D eigenvalue weighted by molar-refractivity contribution is 6.33. The minimum atomic E-state index is -0.195. The van der Waals surface area contributed by atoms with Gasteiger partial charge in [-0.2, -0.15) is 4.98 Å². The lowest BCUT2D eigenvalue weighted by Gasteiger charge is -2.15. The average Bonchev–Trinajstić information content (AvgIpc) is 3.70. The lowest BCUT2D eigenvalue weighted by Crippen LogP contribution is -2.32. The van der Waals surface area contributed by atoms with Gasteiger partial charge in [0.1, 0.15) is 6.10 Å². The lowest BCUT2D eigenvalue weighted by molar-refractivity contribution is -0.120. The highest BCUT2D eigenvalue weighted by atomic mass is 35.5. The lowest BCUT2D eigenvalue weighted by atomic mass is 9.95. The van der Waals surface area contributed by atoms with E-state index in [0.717, 1.165) is 41.6 Å². The van der Waals surface area contributed by atoms with Gasteiger partial charge in [-0.1, -0.05) is 60.1 Å². The van der Waals surface area contributed by atoms with Gasteiger partial charge in [0.2, 0.25) is 5.91 Å². The van der Waals surface area contributed by atoms with Crippen molar-refractivity contribution in [1.82, 2.24) is 20.3 Å². The molecule has 3 aliphatic rings. The third-order valence-electron chi connectivity index (χ3n) is 7.44. The number of ether oxygens (including phenoxy) is 3. The highest BCUT2D eigenvalue weighted by Crippen LogP contribution is 2.33. The van der Waals surface area contributed by atoms with Crippen LogP contribution >= 0.6 is 11.6 Å². The van der Waals surface area contributed by atoms with Crippen molar-refractivity contribution in [2.45, 2.75) is 37.1 Å². The molecule has 0 aliphatic carbocycles. The van der Waals surface area contributed by atoms with Crippen molar-refractivity contribution < 1.29 is 19.0 Å². The first-order valence-electron chi connectivity index (χ1n) is 12.6. The summed E-state index contributed by atoms with van der Waals surface area (Å²) < 4.78 is 17.6. The molecule has 188 valence electrons. The molecule has 0 bridgehead atoms. The number of H-pyrrole nitrogens is 1. The number of pyridine rings is 1. The Hall–Kier alpha value is -3.46. The van der Waals surface area contributed by atoms with Gasteiger partial charge in [-0.15, -0.1) is 0 Å². The van der Waals surface area contributed by atoms with Gasteiger partial charge in [-0.25, -0.2) is 4.98 Å². The molecule has 4 unspecified atom stereocenters. The number of nitrogens with zero attached hydrogens (tertiary/aromatic N) is 2. The summed E-state index contributed by atoms with van der Waals surface area (Å²) in [6.45, 7) is 1.92. The number of aromatic amines is 1. The first kappa shape index (κ1) is 22.7. The topological polar surface area (TPSA) is 98.4 Å². The molecule has 4 atom stereocenters. The Morgan fingerprint density at radius 1 is 0.946 bits per heavy atom. The SMILES string of the molecule is O=C1NCCC1c1ccc(-c2ccc(-c3nc4nc(OC5COC6CCOC65)[nH]c4cc3Cl)cc2)cc1. The zero-order valence-corrected chi connectivity index (χ0v) is 20.7. The van der Waals surface area contributed by atoms with Gasteiger partial charge >= 0.3 is 0 Å². The number of carbonyl (C=O) groups is 1.